The Labute approximate surface area is 337 Å². The number of esters is 2. The van der Waals surface area contributed by atoms with Crippen LogP contribution in [0.2, 0.25) is 5.04 Å². The molecule has 56 heavy (non-hydrogen) atoms. The van der Waals surface area contributed by atoms with Crippen LogP contribution in [0.15, 0.2) is 91.0 Å². The number of carbonyl (C=O) groups is 2. The van der Waals surface area contributed by atoms with E-state index in [1.807, 2.05) is 20.8 Å². The van der Waals surface area contributed by atoms with Gasteiger partial charge in [-0.05, 0) is 108 Å². The summed E-state index contributed by atoms with van der Waals surface area (Å²) in [7, 11) is -2.96. The van der Waals surface area contributed by atoms with Crippen molar-refractivity contribution in [1.82, 2.24) is 0 Å². The molecule has 4 aliphatic rings. The molecule has 1 N–H and O–H groups in total. The maximum Gasteiger partial charge on any atom is 0.311 e. The van der Waals surface area contributed by atoms with Gasteiger partial charge in [0.15, 0.2) is 0 Å². The average Bonchev–Trinajstić information content (AvgIpc) is 3.17. The molecule has 0 radical (unpaired) electrons. The summed E-state index contributed by atoms with van der Waals surface area (Å²) >= 11 is 0. The van der Waals surface area contributed by atoms with Crippen molar-refractivity contribution in [3.63, 3.8) is 0 Å². The van der Waals surface area contributed by atoms with Gasteiger partial charge in [0.05, 0.1) is 30.7 Å². The van der Waals surface area contributed by atoms with E-state index in [0.29, 0.717) is 42.6 Å². The number of rotatable bonds is 11. The van der Waals surface area contributed by atoms with Crippen LogP contribution in [0.3, 0.4) is 0 Å². The summed E-state index contributed by atoms with van der Waals surface area (Å²) < 4.78 is 20.1. The van der Waals surface area contributed by atoms with Crippen molar-refractivity contribution in [2.45, 2.75) is 123 Å². The molecular formula is C49H66O6Si. The highest BCUT2D eigenvalue weighted by Crippen LogP contribution is 2.66. The van der Waals surface area contributed by atoms with Crippen molar-refractivity contribution in [1.29, 1.82) is 0 Å². The van der Waals surface area contributed by atoms with E-state index in [1.54, 1.807) is 0 Å². The summed E-state index contributed by atoms with van der Waals surface area (Å²) in [5.41, 5.74) is 0.744. The topological polar surface area (TPSA) is 82.1 Å². The number of cyclic esters (lactones) is 1. The number of fused-ring (bicyclic) bond motifs is 3. The van der Waals surface area contributed by atoms with E-state index in [9.17, 15) is 14.7 Å². The number of carbonyl (C=O) groups excluding carboxylic acids is 2. The molecule has 4 unspecified atom stereocenters. The second-order valence-corrected chi connectivity index (χ2v) is 23.9. The van der Waals surface area contributed by atoms with Gasteiger partial charge in [0.1, 0.15) is 6.10 Å². The van der Waals surface area contributed by atoms with Gasteiger partial charge in [-0.2, -0.15) is 0 Å². The van der Waals surface area contributed by atoms with Crippen LogP contribution in [0.1, 0.15) is 105 Å². The Morgan fingerprint density at radius 2 is 1.39 bits per heavy atom. The fraction of sp³-hybridized carbons (Fsp3) is 0.592. The first-order valence-electron chi connectivity index (χ1n) is 21.6. The van der Waals surface area contributed by atoms with Crippen LogP contribution in [0, 0.1) is 52.8 Å². The molecule has 7 rings (SSSR count). The second-order valence-electron chi connectivity index (χ2n) is 19.6. The largest absolute Gasteiger partial charge is 0.465 e. The Morgan fingerprint density at radius 1 is 0.804 bits per heavy atom. The quantitative estimate of drug-likeness (QED) is 0.155. The molecule has 3 aromatic carbocycles. The van der Waals surface area contributed by atoms with Crippen LogP contribution in [-0.2, 0) is 23.5 Å². The Kier molecular flexibility index (Phi) is 11.8. The lowest BCUT2D eigenvalue weighted by Crippen LogP contribution is -2.68. The first-order chi connectivity index (χ1) is 26.7. The summed E-state index contributed by atoms with van der Waals surface area (Å²) in [6.07, 6.45) is 3.23. The Hall–Kier alpha value is -3.26. The first kappa shape index (κ1) is 40.9. The van der Waals surface area contributed by atoms with Crippen molar-refractivity contribution >= 4 is 30.6 Å². The number of hydrogen-bond donors (Lipinski definition) is 1. The van der Waals surface area contributed by atoms with Crippen LogP contribution >= 0.6 is 0 Å². The van der Waals surface area contributed by atoms with Gasteiger partial charge in [-0.1, -0.05) is 133 Å². The van der Waals surface area contributed by atoms with Gasteiger partial charge in [-0.15, -0.1) is 0 Å². The van der Waals surface area contributed by atoms with E-state index in [0.717, 1.165) is 25.7 Å². The predicted octanol–water partition coefficient (Wildman–Crippen LogP) is 8.94. The highest BCUT2D eigenvalue weighted by atomic mass is 28.4. The monoisotopic (exact) mass is 778 g/mol. The maximum atomic E-state index is 13.8. The zero-order valence-electron chi connectivity index (χ0n) is 35.0. The fourth-order valence-corrected chi connectivity index (χ4v) is 16.5. The van der Waals surface area contributed by atoms with E-state index in [4.69, 9.17) is 13.9 Å². The van der Waals surface area contributed by atoms with Gasteiger partial charge in [0, 0.05) is 11.8 Å². The minimum absolute atomic E-state index is 0.0366. The zero-order chi connectivity index (χ0) is 40.0. The molecule has 3 aliphatic carbocycles. The fourth-order valence-electron chi connectivity index (χ4n) is 11.8. The van der Waals surface area contributed by atoms with E-state index in [1.165, 1.54) is 15.9 Å². The molecule has 0 amide bonds. The first-order valence-corrected chi connectivity index (χ1v) is 23.5. The van der Waals surface area contributed by atoms with E-state index in [-0.39, 0.29) is 59.3 Å². The third-order valence-electron chi connectivity index (χ3n) is 14.9. The molecule has 0 spiro atoms. The highest BCUT2D eigenvalue weighted by molar-refractivity contribution is 6.99. The van der Waals surface area contributed by atoms with Gasteiger partial charge in [0.2, 0.25) is 0 Å². The third-order valence-corrected chi connectivity index (χ3v) is 20.0. The molecule has 302 valence electrons. The van der Waals surface area contributed by atoms with Gasteiger partial charge >= 0.3 is 11.9 Å². The minimum atomic E-state index is -2.96. The molecule has 0 bridgehead atoms. The zero-order valence-corrected chi connectivity index (χ0v) is 36.0. The minimum Gasteiger partial charge on any atom is -0.465 e. The van der Waals surface area contributed by atoms with Crippen molar-refractivity contribution in [2.24, 2.45) is 52.8 Å². The van der Waals surface area contributed by atoms with Crippen LogP contribution in [0.4, 0.5) is 0 Å². The second kappa shape index (κ2) is 16.2. The molecule has 3 saturated carbocycles. The standard InChI is InChI=1S/C49H66O6Si/c1-9-49(7,8)47(52)54-40-28-31(2)27-38-43-32(3)42(33-19-13-10-14-20-33)45(43)46(51)37(44(38)40)26-25-34-30-53-41(50)29-39(34)55-56(48(4,5)6,35-21-15-11-16-22-35)36-23-17-12-18-24-36/h10-24,31-32,34,37-40,42-46,51H,9,25-30H2,1-8H3/t31-,32?,34-,37+,38-,39-,40+,42?,43?,44+,45?,46+/m1/s1. The lowest BCUT2D eigenvalue weighted by atomic mass is 9.40. The lowest BCUT2D eigenvalue weighted by Gasteiger charge is -2.65. The van der Waals surface area contributed by atoms with E-state index < -0.39 is 19.8 Å². The van der Waals surface area contributed by atoms with Crippen molar-refractivity contribution in [3.8, 4) is 0 Å². The van der Waals surface area contributed by atoms with Crippen LogP contribution < -0.4 is 10.4 Å². The van der Waals surface area contributed by atoms with Crippen LogP contribution in [-0.4, -0.2) is 50.3 Å². The molecule has 12 atom stereocenters. The molecule has 7 heteroatoms. The van der Waals surface area contributed by atoms with Gasteiger partial charge in [0.25, 0.3) is 8.32 Å². The Balaban J connectivity index is 1.23. The van der Waals surface area contributed by atoms with Gasteiger partial charge in [-0.3, -0.25) is 9.59 Å². The van der Waals surface area contributed by atoms with Gasteiger partial charge < -0.3 is 19.0 Å². The normalized spacial score (nSPS) is 33.3. The van der Waals surface area contributed by atoms with Crippen molar-refractivity contribution in [3.05, 3.63) is 96.6 Å². The van der Waals surface area contributed by atoms with Crippen molar-refractivity contribution < 1.29 is 28.6 Å². The highest BCUT2D eigenvalue weighted by Gasteiger charge is 2.64. The predicted molar refractivity (Wildman–Crippen MR) is 225 cm³/mol. The Morgan fingerprint density at radius 3 is 1.96 bits per heavy atom. The number of aliphatic hydroxyl groups is 1. The molecule has 4 fully saturated rings. The van der Waals surface area contributed by atoms with Gasteiger partial charge in [-0.25, -0.2) is 0 Å². The maximum absolute atomic E-state index is 13.8. The smallest absolute Gasteiger partial charge is 0.311 e. The molecule has 0 aromatic heterocycles. The average molecular weight is 779 g/mol. The summed E-state index contributed by atoms with van der Waals surface area (Å²) in [6, 6.07) is 32.0. The van der Waals surface area contributed by atoms with Crippen molar-refractivity contribution in [2.75, 3.05) is 6.61 Å². The van der Waals surface area contributed by atoms with E-state index >= 15 is 0 Å². The molecule has 6 nitrogen and oxygen atoms in total. The molecular weight excluding hydrogens is 713 g/mol. The molecule has 1 heterocycles. The van der Waals surface area contributed by atoms with Crippen LogP contribution in [0.5, 0.6) is 0 Å². The Bertz CT molecular complexity index is 1750. The molecule has 1 saturated heterocycles. The number of benzene rings is 3. The SMILES string of the molecule is CCC(C)(C)C(=O)O[C@H]1C[C@H](C)C[C@@H]2C3C(C)C(c4ccccc4)C3[C@@H](O)[C@@H](CC[C@@H]3COC(=O)C[C@H]3O[Si](c3ccccc3)(c3ccccc3)C(C)(C)C)[C@H]12. The number of aliphatic hydroxyl groups excluding tert-OH is 1. The number of hydrogen-bond acceptors (Lipinski definition) is 6. The third kappa shape index (κ3) is 7.46. The lowest BCUT2D eigenvalue weighted by molar-refractivity contribution is -0.218. The van der Waals surface area contributed by atoms with E-state index in [2.05, 4.69) is 126 Å². The molecule has 3 aromatic rings. The number of ether oxygens (including phenoxy) is 2. The summed E-state index contributed by atoms with van der Waals surface area (Å²) in [5.74, 6) is 1.68. The summed E-state index contributed by atoms with van der Waals surface area (Å²) in [4.78, 5) is 26.9. The summed E-state index contributed by atoms with van der Waals surface area (Å²) in [5, 5.41) is 14.9. The summed E-state index contributed by atoms with van der Waals surface area (Å²) in [6.45, 7) is 17.8. The van der Waals surface area contributed by atoms with Crippen LogP contribution in [0.25, 0.3) is 0 Å². The molecule has 1 aliphatic heterocycles.